The Morgan fingerprint density at radius 1 is 1.50 bits per heavy atom. The monoisotopic (exact) mass is 168 g/mol. The molecular formula is C8H4F2NO. The molecule has 0 atom stereocenters. The van der Waals surface area contributed by atoms with Gasteiger partial charge in [-0.05, 0) is 12.1 Å². The van der Waals surface area contributed by atoms with E-state index >= 15 is 0 Å². The van der Waals surface area contributed by atoms with Crippen LogP contribution >= 0.6 is 0 Å². The van der Waals surface area contributed by atoms with Crippen LogP contribution in [-0.4, -0.2) is 6.61 Å². The lowest BCUT2D eigenvalue weighted by molar-refractivity contribution is 0.362. The molecule has 12 heavy (non-hydrogen) atoms. The van der Waals surface area contributed by atoms with Gasteiger partial charge >= 0.3 is 0 Å². The van der Waals surface area contributed by atoms with E-state index in [-0.39, 0.29) is 12.4 Å². The van der Waals surface area contributed by atoms with Gasteiger partial charge < -0.3 is 4.74 Å². The molecule has 0 aliphatic carbocycles. The normalized spacial score (nSPS) is 9.08. The number of halogens is 2. The fourth-order valence-electron chi connectivity index (χ4n) is 0.626. The highest BCUT2D eigenvalue weighted by Gasteiger charge is 2.02. The Morgan fingerprint density at radius 3 is 2.83 bits per heavy atom. The van der Waals surface area contributed by atoms with Crippen molar-refractivity contribution in [3.8, 4) is 11.8 Å². The number of nitrogens with zero attached hydrogens (tertiary/aromatic N) is 1. The quantitative estimate of drug-likeness (QED) is 0.672. The Bertz CT molecular complexity index is 319. The second kappa shape index (κ2) is 3.67. The molecule has 0 amide bonds. The fraction of sp³-hybridized carbons (Fsp3) is 0.125. The van der Waals surface area contributed by atoms with Gasteiger partial charge in [0, 0.05) is 0 Å². The van der Waals surface area contributed by atoms with E-state index in [2.05, 4.69) is 4.74 Å². The maximum absolute atomic E-state index is 12.4. The Balaban J connectivity index is 2.77. The summed E-state index contributed by atoms with van der Waals surface area (Å²) in [7, 11) is 0. The second-order valence-corrected chi connectivity index (χ2v) is 1.93. The van der Waals surface area contributed by atoms with Gasteiger partial charge in [0.05, 0.1) is 6.07 Å². The first-order chi connectivity index (χ1) is 5.74. The zero-order chi connectivity index (χ0) is 8.97. The number of ether oxygens (including phenoxy) is 1. The summed E-state index contributed by atoms with van der Waals surface area (Å²) < 4.78 is 29.4. The van der Waals surface area contributed by atoms with Gasteiger partial charge in [-0.1, -0.05) is 0 Å². The molecular weight excluding hydrogens is 164 g/mol. The first-order valence-electron chi connectivity index (χ1n) is 3.11. The Kier molecular flexibility index (Phi) is 2.59. The highest BCUT2D eigenvalue weighted by atomic mass is 19.2. The molecule has 0 heterocycles. The van der Waals surface area contributed by atoms with Gasteiger partial charge in [-0.3, -0.25) is 0 Å². The van der Waals surface area contributed by atoms with Crippen LogP contribution < -0.4 is 4.74 Å². The summed E-state index contributed by atoms with van der Waals surface area (Å²) in [5.41, 5.74) is 0. The van der Waals surface area contributed by atoms with Gasteiger partial charge in [0.15, 0.2) is 18.2 Å². The predicted molar refractivity (Wildman–Crippen MR) is 36.3 cm³/mol. The van der Waals surface area contributed by atoms with Gasteiger partial charge in [-0.15, -0.1) is 0 Å². The van der Waals surface area contributed by atoms with Crippen LogP contribution in [0.1, 0.15) is 0 Å². The second-order valence-electron chi connectivity index (χ2n) is 1.93. The number of nitriles is 1. The smallest absolute Gasteiger partial charge is 0.174 e. The summed E-state index contributed by atoms with van der Waals surface area (Å²) in [5.74, 6) is -2.07. The molecule has 0 aliphatic heterocycles. The summed E-state index contributed by atoms with van der Waals surface area (Å²) in [5, 5.41) is 8.09. The molecule has 1 rings (SSSR count). The number of hydrogen-bond donors (Lipinski definition) is 0. The molecule has 1 aromatic rings. The van der Waals surface area contributed by atoms with Crippen LogP contribution in [0.15, 0.2) is 12.1 Å². The topological polar surface area (TPSA) is 33.0 Å². The minimum atomic E-state index is -1.11. The molecule has 0 saturated carbocycles. The Morgan fingerprint density at radius 2 is 2.25 bits per heavy atom. The molecule has 4 heteroatoms. The maximum atomic E-state index is 12.4. The molecule has 0 spiro atoms. The largest absolute Gasteiger partial charge is 0.478 e. The van der Waals surface area contributed by atoms with Gasteiger partial charge in [0.2, 0.25) is 0 Å². The molecule has 1 aromatic carbocycles. The lowest BCUT2D eigenvalue weighted by atomic mass is 10.3. The number of rotatable bonds is 2. The highest BCUT2D eigenvalue weighted by Crippen LogP contribution is 2.13. The predicted octanol–water partition coefficient (Wildman–Crippen LogP) is 1.67. The van der Waals surface area contributed by atoms with Crippen molar-refractivity contribution in [1.29, 1.82) is 5.26 Å². The third kappa shape index (κ3) is 1.92. The van der Waals surface area contributed by atoms with E-state index in [1.54, 1.807) is 6.07 Å². The molecule has 1 radical (unpaired) electrons. The zero-order valence-electron chi connectivity index (χ0n) is 5.97. The maximum Gasteiger partial charge on any atom is 0.174 e. The Hall–Kier alpha value is -1.63. The van der Waals surface area contributed by atoms with Crippen molar-refractivity contribution in [2.45, 2.75) is 0 Å². The van der Waals surface area contributed by atoms with Crippen molar-refractivity contribution in [3.05, 3.63) is 29.8 Å². The SMILES string of the molecule is N#CCOc1[c]c(F)c(F)cc1. The minimum absolute atomic E-state index is 0.0236. The summed E-state index contributed by atoms with van der Waals surface area (Å²) in [4.78, 5) is 0. The van der Waals surface area contributed by atoms with Gasteiger partial charge in [-0.25, -0.2) is 8.78 Å². The van der Waals surface area contributed by atoms with Crippen LogP contribution in [0.2, 0.25) is 0 Å². The van der Waals surface area contributed by atoms with E-state index in [9.17, 15) is 8.78 Å². The van der Waals surface area contributed by atoms with E-state index in [1.165, 1.54) is 6.07 Å². The first-order valence-corrected chi connectivity index (χ1v) is 3.11. The molecule has 0 aliphatic rings. The molecule has 0 aromatic heterocycles. The summed E-state index contributed by atoms with van der Waals surface area (Å²) in [6.45, 7) is -0.207. The van der Waals surface area contributed by atoms with Crippen molar-refractivity contribution in [3.63, 3.8) is 0 Å². The summed E-state index contributed by atoms with van der Waals surface area (Å²) in [6, 6.07) is 5.81. The molecule has 2 nitrogen and oxygen atoms in total. The standard InChI is InChI=1S/C8H4F2NO/c9-7-2-1-6(5-8(7)10)12-4-3-11/h1-2H,4H2. The van der Waals surface area contributed by atoms with Crippen LogP contribution in [-0.2, 0) is 0 Å². The van der Waals surface area contributed by atoms with Crippen LogP contribution in [0.3, 0.4) is 0 Å². The lowest BCUT2D eigenvalue weighted by Gasteiger charge is -1.99. The molecule has 0 N–H and O–H groups in total. The van der Waals surface area contributed by atoms with Crippen LogP contribution in [0, 0.1) is 29.0 Å². The van der Waals surface area contributed by atoms with Crippen molar-refractivity contribution < 1.29 is 13.5 Å². The fourth-order valence-corrected chi connectivity index (χ4v) is 0.626. The van der Waals surface area contributed by atoms with Gasteiger partial charge in [-0.2, -0.15) is 5.26 Å². The molecule has 0 saturated heterocycles. The van der Waals surface area contributed by atoms with Crippen molar-refractivity contribution in [1.82, 2.24) is 0 Å². The van der Waals surface area contributed by atoms with E-state index in [1.807, 2.05) is 6.07 Å². The van der Waals surface area contributed by atoms with Crippen LogP contribution in [0.5, 0.6) is 5.75 Å². The molecule has 0 fully saturated rings. The van der Waals surface area contributed by atoms with E-state index in [0.29, 0.717) is 0 Å². The first kappa shape index (κ1) is 8.47. The molecule has 61 valence electrons. The number of benzene rings is 1. The van der Waals surface area contributed by atoms with Gasteiger partial charge in [0.25, 0.3) is 0 Å². The Labute approximate surface area is 68.0 Å². The lowest BCUT2D eigenvalue weighted by Crippen LogP contribution is -1.95. The summed E-state index contributed by atoms with van der Waals surface area (Å²) >= 11 is 0. The van der Waals surface area contributed by atoms with E-state index in [0.717, 1.165) is 6.07 Å². The molecule has 0 unspecified atom stereocenters. The van der Waals surface area contributed by atoms with Crippen LogP contribution in [0.25, 0.3) is 0 Å². The molecule has 0 bridgehead atoms. The van der Waals surface area contributed by atoms with Crippen molar-refractivity contribution in [2.75, 3.05) is 6.61 Å². The third-order valence-corrected chi connectivity index (χ3v) is 1.12. The third-order valence-electron chi connectivity index (χ3n) is 1.12. The minimum Gasteiger partial charge on any atom is -0.478 e. The van der Waals surface area contributed by atoms with Crippen molar-refractivity contribution in [2.24, 2.45) is 0 Å². The van der Waals surface area contributed by atoms with E-state index < -0.39 is 11.6 Å². The van der Waals surface area contributed by atoms with Crippen molar-refractivity contribution >= 4 is 0 Å². The van der Waals surface area contributed by atoms with Crippen LogP contribution in [0.4, 0.5) is 8.78 Å². The average molecular weight is 168 g/mol. The number of hydrogen-bond acceptors (Lipinski definition) is 2. The highest BCUT2D eigenvalue weighted by molar-refractivity contribution is 5.22. The van der Waals surface area contributed by atoms with E-state index in [4.69, 9.17) is 5.26 Å². The van der Waals surface area contributed by atoms with Gasteiger partial charge in [0.1, 0.15) is 11.8 Å². The summed E-state index contributed by atoms with van der Waals surface area (Å²) in [6.07, 6.45) is 0. The average Bonchev–Trinajstić information content (AvgIpc) is 2.07. The zero-order valence-corrected chi connectivity index (χ0v) is 5.97.